The molecule has 21 heavy (non-hydrogen) atoms. The minimum absolute atomic E-state index is 0.440. The van der Waals surface area contributed by atoms with Gasteiger partial charge in [0.25, 0.3) is 0 Å². The molecule has 0 aliphatic heterocycles. The minimum atomic E-state index is 0.440. The second-order valence-corrected chi connectivity index (χ2v) is 6.06. The van der Waals surface area contributed by atoms with Gasteiger partial charge < -0.3 is 9.84 Å². The number of rotatable bonds is 7. The fourth-order valence-corrected chi connectivity index (χ4v) is 2.30. The first kappa shape index (κ1) is 16.0. The summed E-state index contributed by atoms with van der Waals surface area (Å²) in [6, 6.07) is 10.3. The largest absolute Gasteiger partial charge is 0.360 e. The summed E-state index contributed by atoms with van der Waals surface area (Å²) < 4.78 is 5.37. The third-order valence-electron chi connectivity index (χ3n) is 3.07. The first-order chi connectivity index (χ1) is 10.0. The molecular formula is C16H22ClN3O. The van der Waals surface area contributed by atoms with Crippen LogP contribution in [-0.2, 0) is 19.6 Å². The van der Waals surface area contributed by atoms with Gasteiger partial charge in [-0.25, -0.2) is 0 Å². The zero-order chi connectivity index (χ0) is 15.2. The number of hydrogen-bond donors (Lipinski definition) is 1. The number of benzene rings is 1. The Morgan fingerprint density at radius 2 is 2.10 bits per heavy atom. The molecule has 0 saturated carbocycles. The molecule has 0 aliphatic rings. The molecular weight excluding hydrogens is 286 g/mol. The van der Waals surface area contributed by atoms with Crippen LogP contribution in [0.1, 0.15) is 30.9 Å². The number of nitrogens with zero attached hydrogens (tertiary/aromatic N) is 2. The molecule has 2 rings (SSSR count). The van der Waals surface area contributed by atoms with Crippen molar-refractivity contribution in [3.05, 3.63) is 52.4 Å². The molecule has 0 bridgehead atoms. The maximum atomic E-state index is 6.00. The van der Waals surface area contributed by atoms with Gasteiger partial charge in [0.1, 0.15) is 0 Å². The highest BCUT2D eigenvalue weighted by Gasteiger charge is 2.08. The zero-order valence-corrected chi connectivity index (χ0v) is 13.5. The van der Waals surface area contributed by atoms with E-state index in [1.54, 1.807) is 0 Å². The Labute approximate surface area is 131 Å². The minimum Gasteiger partial charge on any atom is -0.360 e. The van der Waals surface area contributed by atoms with Crippen LogP contribution < -0.4 is 5.32 Å². The lowest BCUT2D eigenvalue weighted by Crippen LogP contribution is -2.21. The maximum Gasteiger partial charge on any atom is 0.151 e. The predicted octanol–water partition coefficient (Wildman–Crippen LogP) is 3.46. The highest BCUT2D eigenvalue weighted by Crippen LogP contribution is 2.14. The number of nitrogens with one attached hydrogen (secondary N) is 1. The highest BCUT2D eigenvalue weighted by molar-refractivity contribution is 6.30. The first-order valence-electron chi connectivity index (χ1n) is 7.14. The fraction of sp³-hybridized carbons (Fsp3) is 0.438. The number of hydrogen-bond acceptors (Lipinski definition) is 4. The molecule has 0 fully saturated rings. The van der Waals surface area contributed by atoms with Crippen molar-refractivity contribution < 1.29 is 4.52 Å². The molecule has 5 heteroatoms. The Morgan fingerprint density at radius 1 is 1.29 bits per heavy atom. The average Bonchev–Trinajstić information content (AvgIpc) is 2.83. The van der Waals surface area contributed by atoms with Gasteiger partial charge in [0.15, 0.2) is 5.76 Å². The van der Waals surface area contributed by atoms with Gasteiger partial charge in [-0.3, -0.25) is 4.90 Å². The van der Waals surface area contributed by atoms with E-state index in [0.717, 1.165) is 36.1 Å². The van der Waals surface area contributed by atoms with Crippen LogP contribution in [-0.4, -0.2) is 23.1 Å². The molecule has 2 aromatic rings. The second kappa shape index (κ2) is 7.59. The van der Waals surface area contributed by atoms with Crippen molar-refractivity contribution in [3.63, 3.8) is 0 Å². The lowest BCUT2D eigenvalue weighted by atomic mass is 10.2. The summed E-state index contributed by atoms with van der Waals surface area (Å²) in [7, 11) is 2.05. The molecule has 0 aliphatic carbocycles. The molecule has 0 atom stereocenters. The lowest BCUT2D eigenvalue weighted by molar-refractivity contribution is 0.265. The van der Waals surface area contributed by atoms with Gasteiger partial charge in [0.05, 0.1) is 12.2 Å². The molecule has 4 nitrogen and oxygen atoms in total. The summed E-state index contributed by atoms with van der Waals surface area (Å²) in [6.45, 7) is 6.50. The van der Waals surface area contributed by atoms with E-state index in [9.17, 15) is 0 Å². The smallest absolute Gasteiger partial charge is 0.151 e. The number of aromatic nitrogens is 1. The van der Waals surface area contributed by atoms with Crippen LogP contribution in [0.15, 0.2) is 34.9 Å². The Balaban J connectivity index is 1.86. The van der Waals surface area contributed by atoms with Gasteiger partial charge in [-0.2, -0.15) is 0 Å². The van der Waals surface area contributed by atoms with Crippen molar-refractivity contribution >= 4 is 11.6 Å². The molecule has 1 heterocycles. The quantitative estimate of drug-likeness (QED) is 0.850. The van der Waals surface area contributed by atoms with Crippen molar-refractivity contribution in [2.75, 3.05) is 7.05 Å². The van der Waals surface area contributed by atoms with Crippen LogP contribution in [0.3, 0.4) is 0 Å². The van der Waals surface area contributed by atoms with E-state index in [2.05, 4.69) is 42.3 Å². The van der Waals surface area contributed by atoms with Crippen LogP contribution in [0, 0.1) is 0 Å². The van der Waals surface area contributed by atoms with Crippen molar-refractivity contribution in [2.45, 2.75) is 39.5 Å². The molecule has 1 aromatic carbocycles. The third-order valence-corrected chi connectivity index (χ3v) is 3.30. The normalized spacial score (nSPS) is 11.5. The van der Waals surface area contributed by atoms with Gasteiger partial charge in [0, 0.05) is 30.2 Å². The number of halogens is 1. The molecule has 0 spiro atoms. The second-order valence-electron chi connectivity index (χ2n) is 5.62. The van der Waals surface area contributed by atoms with E-state index < -0.39 is 0 Å². The van der Waals surface area contributed by atoms with E-state index in [4.69, 9.17) is 16.1 Å². The SMILES string of the molecule is CC(C)NCc1cc(CN(C)Cc2cccc(Cl)c2)on1. The van der Waals surface area contributed by atoms with Gasteiger partial charge in [0.2, 0.25) is 0 Å². The lowest BCUT2D eigenvalue weighted by Gasteiger charge is -2.14. The van der Waals surface area contributed by atoms with E-state index in [1.807, 2.05) is 24.3 Å². The standard InChI is InChI=1S/C16H22ClN3O/c1-12(2)18-9-15-8-16(21-19-15)11-20(3)10-13-5-4-6-14(17)7-13/h4-8,12,18H,9-11H2,1-3H3. The van der Waals surface area contributed by atoms with Crippen LogP contribution >= 0.6 is 11.6 Å². The summed E-state index contributed by atoms with van der Waals surface area (Å²) in [5.41, 5.74) is 2.13. The van der Waals surface area contributed by atoms with Gasteiger partial charge in [-0.15, -0.1) is 0 Å². The zero-order valence-electron chi connectivity index (χ0n) is 12.8. The van der Waals surface area contributed by atoms with Crippen molar-refractivity contribution in [1.82, 2.24) is 15.4 Å². The van der Waals surface area contributed by atoms with Gasteiger partial charge >= 0.3 is 0 Å². The van der Waals surface area contributed by atoms with Crippen molar-refractivity contribution in [3.8, 4) is 0 Å². The molecule has 1 N–H and O–H groups in total. The molecule has 1 aromatic heterocycles. The van der Waals surface area contributed by atoms with Crippen molar-refractivity contribution in [2.24, 2.45) is 0 Å². The van der Waals surface area contributed by atoms with E-state index in [1.165, 1.54) is 5.56 Å². The van der Waals surface area contributed by atoms with Crippen LogP contribution in [0.4, 0.5) is 0 Å². The Hall–Kier alpha value is -1.36. The average molecular weight is 308 g/mol. The topological polar surface area (TPSA) is 41.3 Å². The van der Waals surface area contributed by atoms with Crippen LogP contribution in [0.2, 0.25) is 5.02 Å². The summed E-state index contributed by atoms with van der Waals surface area (Å²) in [5.74, 6) is 0.875. The Morgan fingerprint density at radius 3 is 2.81 bits per heavy atom. The summed E-state index contributed by atoms with van der Waals surface area (Å²) >= 11 is 6.00. The molecule has 0 amide bonds. The Kier molecular flexibility index (Phi) is 5.79. The summed E-state index contributed by atoms with van der Waals surface area (Å²) in [4.78, 5) is 2.17. The predicted molar refractivity (Wildman–Crippen MR) is 85.1 cm³/mol. The molecule has 0 saturated heterocycles. The highest BCUT2D eigenvalue weighted by atomic mass is 35.5. The van der Waals surface area contributed by atoms with Crippen LogP contribution in [0.25, 0.3) is 0 Å². The first-order valence-corrected chi connectivity index (χ1v) is 7.51. The molecule has 114 valence electrons. The molecule has 0 unspecified atom stereocenters. The monoisotopic (exact) mass is 307 g/mol. The maximum absolute atomic E-state index is 6.00. The van der Waals surface area contributed by atoms with E-state index in [0.29, 0.717) is 6.04 Å². The fourth-order valence-electron chi connectivity index (χ4n) is 2.09. The van der Waals surface area contributed by atoms with E-state index >= 15 is 0 Å². The van der Waals surface area contributed by atoms with Gasteiger partial charge in [-0.1, -0.05) is 42.7 Å². The summed E-state index contributed by atoms with van der Waals surface area (Å²) in [6.07, 6.45) is 0. The van der Waals surface area contributed by atoms with E-state index in [-0.39, 0.29) is 0 Å². The third kappa shape index (κ3) is 5.50. The van der Waals surface area contributed by atoms with Crippen molar-refractivity contribution in [1.29, 1.82) is 0 Å². The summed E-state index contributed by atoms with van der Waals surface area (Å²) in [5, 5.41) is 8.17. The Bertz CT molecular complexity index is 568. The molecule has 0 radical (unpaired) electrons. The van der Waals surface area contributed by atoms with Gasteiger partial charge in [-0.05, 0) is 24.7 Å². The van der Waals surface area contributed by atoms with Crippen LogP contribution in [0.5, 0.6) is 0 Å².